The van der Waals surface area contributed by atoms with Crippen LogP contribution in [0.4, 0.5) is 0 Å². The Bertz CT molecular complexity index is 269. The molecule has 0 aromatic rings. The summed E-state index contributed by atoms with van der Waals surface area (Å²) in [7, 11) is 1.57. The molecule has 4 heteroatoms. The van der Waals surface area contributed by atoms with Crippen LogP contribution in [0.3, 0.4) is 0 Å². The van der Waals surface area contributed by atoms with Crippen molar-refractivity contribution in [2.75, 3.05) is 26.9 Å². The van der Waals surface area contributed by atoms with E-state index in [0.717, 1.165) is 0 Å². The molecule has 0 bridgehead atoms. The minimum atomic E-state index is -0.343. The number of rotatable bonds is 8. The largest absolute Gasteiger partial charge is 0.457 e. The predicted octanol–water partition coefficient (Wildman–Crippen LogP) is 2.10. The molecule has 0 N–H and O–H groups in total. The topological polar surface area (TPSA) is 44.8 Å². The second-order valence-electron chi connectivity index (χ2n) is 3.48. The van der Waals surface area contributed by atoms with Crippen molar-refractivity contribution < 1.29 is 19.0 Å². The smallest absolute Gasteiger partial charge is 0.338 e. The van der Waals surface area contributed by atoms with E-state index in [1.165, 1.54) is 0 Å². The molecule has 1 unspecified atom stereocenters. The lowest BCUT2D eigenvalue weighted by molar-refractivity contribution is -0.145. The van der Waals surface area contributed by atoms with Crippen LogP contribution in [0.1, 0.15) is 20.8 Å². The molecule has 0 aliphatic rings. The fraction of sp³-hybridized carbons (Fsp3) is 0.615. The molecule has 0 amide bonds. The number of hydrogen-bond donors (Lipinski definition) is 0. The fourth-order valence-corrected chi connectivity index (χ4v) is 1.16. The Labute approximate surface area is 103 Å². The van der Waals surface area contributed by atoms with E-state index in [1.54, 1.807) is 39.2 Å². The molecule has 0 heterocycles. The quantitative estimate of drug-likeness (QED) is 0.283. The van der Waals surface area contributed by atoms with Gasteiger partial charge in [-0.3, -0.25) is 0 Å². The Hall–Kier alpha value is -1.13. The van der Waals surface area contributed by atoms with Crippen molar-refractivity contribution in [3.8, 4) is 0 Å². The van der Waals surface area contributed by atoms with Gasteiger partial charge in [-0.05, 0) is 26.8 Å². The standard InChI is InChI=1S/C13H22O4/c1-5-12(8-7-9-16-6-2)13(14)17-11(3)10-15-4/h5,7-8,11H,6,9-10H2,1-4H3. The van der Waals surface area contributed by atoms with Gasteiger partial charge in [-0.2, -0.15) is 0 Å². The average Bonchev–Trinajstić information content (AvgIpc) is 2.29. The van der Waals surface area contributed by atoms with Crippen LogP contribution >= 0.6 is 0 Å². The first-order valence-corrected chi connectivity index (χ1v) is 5.76. The second kappa shape index (κ2) is 10.1. The Morgan fingerprint density at radius 1 is 1.41 bits per heavy atom. The van der Waals surface area contributed by atoms with E-state index < -0.39 is 0 Å². The van der Waals surface area contributed by atoms with Gasteiger partial charge in [0.15, 0.2) is 0 Å². The van der Waals surface area contributed by atoms with E-state index in [1.807, 2.05) is 6.92 Å². The normalized spacial score (nSPS) is 14.0. The number of carbonyl (C=O) groups excluding carboxylic acids is 1. The number of esters is 1. The summed E-state index contributed by atoms with van der Waals surface area (Å²) in [5, 5.41) is 0. The zero-order valence-electron chi connectivity index (χ0n) is 11.1. The summed E-state index contributed by atoms with van der Waals surface area (Å²) in [5.41, 5.74) is 0.521. The van der Waals surface area contributed by atoms with Gasteiger partial charge in [0.05, 0.1) is 18.8 Å². The molecule has 4 nitrogen and oxygen atoms in total. The maximum Gasteiger partial charge on any atom is 0.338 e. The predicted molar refractivity (Wildman–Crippen MR) is 66.8 cm³/mol. The fourth-order valence-electron chi connectivity index (χ4n) is 1.16. The first-order valence-electron chi connectivity index (χ1n) is 5.76. The van der Waals surface area contributed by atoms with Crippen LogP contribution in [0.15, 0.2) is 23.8 Å². The molecule has 17 heavy (non-hydrogen) atoms. The molecule has 0 saturated carbocycles. The number of hydrogen-bond acceptors (Lipinski definition) is 4. The lowest BCUT2D eigenvalue weighted by Crippen LogP contribution is -2.20. The Morgan fingerprint density at radius 3 is 2.65 bits per heavy atom. The Morgan fingerprint density at radius 2 is 2.12 bits per heavy atom. The minimum absolute atomic E-state index is 0.247. The molecule has 1 atom stereocenters. The number of allylic oxidation sites excluding steroid dienone is 1. The molecule has 0 radical (unpaired) electrons. The first-order chi connectivity index (χ1) is 8.15. The first kappa shape index (κ1) is 15.9. The van der Waals surface area contributed by atoms with Crippen molar-refractivity contribution in [2.45, 2.75) is 26.9 Å². The molecule has 0 spiro atoms. The van der Waals surface area contributed by atoms with Crippen LogP contribution in [0.25, 0.3) is 0 Å². The zero-order valence-corrected chi connectivity index (χ0v) is 11.1. The van der Waals surface area contributed by atoms with Gasteiger partial charge in [-0.15, -0.1) is 0 Å². The van der Waals surface area contributed by atoms with Crippen LogP contribution in [0.2, 0.25) is 0 Å². The molecule has 0 aliphatic heterocycles. The molecule has 0 aromatic carbocycles. The van der Waals surface area contributed by atoms with Gasteiger partial charge in [0.25, 0.3) is 0 Å². The Kier molecular flexibility index (Phi) is 9.38. The highest BCUT2D eigenvalue weighted by molar-refractivity contribution is 5.91. The van der Waals surface area contributed by atoms with Crippen molar-refractivity contribution in [1.82, 2.24) is 0 Å². The summed E-state index contributed by atoms with van der Waals surface area (Å²) < 4.78 is 15.2. The summed E-state index contributed by atoms with van der Waals surface area (Å²) >= 11 is 0. The number of carbonyl (C=O) groups is 1. The van der Waals surface area contributed by atoms with Crippen molar-refractivity contribution in [2.24, 2.45) is 0 Å². The number of ether oxygens (including phenoxy) is 3. The summed E-state index contributed by atoms with van der Waals surface area (Å²) in [6.07, 6.45) is 4.96. The number of methoxy groups -OCH3 is 1. The zero-order chi connectivity index (χ0) is 13.1. The van der Waals surface area contributed by atoms with Gasteiger partial charge in [0.1, 0.15) is 6.10 Å². The highest BCUT2D eigenvalue weighted by Crippen LogP contribution is 2.04. The van der Waals surface area contributed by atoms with Gasteiger partial charge in [-0.25, -0.2) is 4.79 Å². The molecule has 0 fully saturated rings. The van der Waals surface area contributed by atoms with Gasteiger partial charge in [-0.1, -0.05) is 12.2 Å². The van der Waals surface area contributed by atoms with Crippen LogP contribution in [0.5, 0.6) is 0 Å². The van der Waals surface area contributed by atoms with Gasteiger partial charge < -0.3 is 14.2 Å². The van der Waals surface area contributed by atoms with Gasteiger partial charge in [0.2, 0.25) is 0 Å². The monoisotopic (exact) mass is 242 g/mol. The third-order valence-corrected chi connectivity index (χ3v) is 1.97. The van der Waals surface area contributed by atoms with E-state index in [-0.39, 0.29) is 12.1 Å². The van der Waals surface area contributed by atoms with E-state index >= 15 is 0 Å². The van der Waals surface area contributed by atoms with Crippen LogP contribution < -0.4 is 0 Å². The van der Waals surface area contributed by atoms with Crippen molar-refractivity contribution >= 4 is 5.97 Å². The highest BCUT2D eigenvalue weighted by Gasteiger charge is 2.11. The molecule has 0 aromatic heterocycles. The van der Waals surface area contributed by atoms with Gasteiger partial charge in [0, 0.05) is 13.7 Å². The van der Waals surface area contributed by atoms with Crippen molar-refractivity contribution in [1.29, 1.82) is 0 Å². The molecule has 98 valence electrons. The lowest BCUT2D eigenvalue weighted by atomic mass is 10.2. The summed E-state index contributed by atoms with van der Waals surface area (Å²) in [4.78, 5) is 11.7. The molecule has 0 aliphatic carbocycles. The van der Waals surface area contributed by atoms with Crippen LogP contribution in [-0.2, 0) is 19.0 Å². The summed E-state index contributed by atoms with van der Waals surface area (Å²) in [6.45, 7) is 7.05. The van der Waals surface area contributed by atoms with Gasteiger partial charge >= 0.3 is 5.97 Å². The molecule has 0 rings (SSSR count). The third-order valence-electron chi connectivity index (χ3n) is 1.97. The van der Waals surface area contributed by atoms with Crippen molar-refractivity contribution in [3.05, 3.63) is 23.8 Å². The van der Waals surface area contributed by atoms with Crippen LogP contribution in [-0.4, -0.2) is 39.0 Å². The minimum Gasteiger partial charge on any atom is -0.457 e. The van der Waals surface area contributed by atoms with E-state index in [9.17, 15) is 4.79 Å². The SMILES string of the molecule is CC=C(C=CCOCC)C(=O)OC(C)COC. The lowest BCUT2D eigenvalue weighted by Gasteiger charge is -2.12. The Balaban J connectivity index is 4.18. The van der Waals surface area contributed by atoms with E-state index in [2.05, 4.69) is 0 Å². The third kappa shape index (κ3) is 7.71. The molecular formula is C13H22O4. The average molecular weight is 242 g/mol. The maximum absolute atomic E-state index is 11.7. The van der Waals surface area contributed by atoms with Crippen molar-refractivity contribution in [3.63, 3.8) is 0 Å². The van der Waals surface area contributed by atoms with E-state index in [0.29, 0.717) is 25.4 Å². The second-order valence-corrected chi connectivity index (χ2v) is 3.48. The van der Waals surface area contributed by atoms with E-state index in [4.69, 9.17) is 14.2 Å². The summed E-state index contributed by atoms with van der Waals surface area (Å²) in [5.74, 6) is -0.343. The summed E-state index contributed by atoms with van der Waals surface area (Å²) in [6, 6.07) is 0. The molecular weight excluding hydrogens is 220 g/mol. The van der Waals surface area contributed by atoms with Crippen LogP contribution in [0, 0.1) is 0 Å². The molecule has 0 saturated heterocycles. The maximum atomic E-state index is 11.7. The highest BCUT2D eigenvalue weighted by atomic mass is 16.6.